The SMILES string of the molecule is CC(=O)Nc1nc(CC(C)C)cc2c1C(=O)n1cccc1-2. The second-order valence-electron chi connectivity index (χ2n) is 5.73. The van der Waals surface area contributed by atoms with E-state index in [-0.39, 0.29) is 11.8 Å². The summed E-state index contributed by atoms with van der Waals surface area (Å²) in [5, 5.41) is 2.69. The Morgan fingerprint density at radius 1 is 1.43 bits per heavy atom. The zero-order chi connectivity index (χ0) is 15.1. The van der Waals surface area contributed by atoms with Crippen molar-refractivity contribution in [1.82, 2.24) is 9.55 Å². The van der Waals surface area contributed by atoms with Gasteiger partial charge in [-0.25, -0.2) is 4.98 Å². The fourth-order valence-corrected chi connectivity index (χ4v) is 2.69. The minimum atomic E-state index is -0.226. The molecule has 0 aliphatic carbocycles. The van der Waals surface area contributed by atoms with E-state index in [1.165, 1.54) is 6.92 Å². The van der Waals surface area contributed by atoms with Crippen LogP contribution in [0.5, 0.6) is 0 Å². The second kappa shape index (κ2) is 4.84. The molecular formula is C16H17N3O2. The Labute approximate surface area is 123 Å². The molecule has 0 unspecified atom stereocenters. The van der Waals surface area contributed by atoms with Crippen molar-refractivity contribution in [1.29, 1.82) is 0 Å². The molecule has 3 rings (SSSR count). The summed E-state index contributed by atoms with van der Waals surface area (Å²) in [5.41, 5.74) is 3.07. The van der Waals surface area contributed by atoms with Gasteiger partial charge in [-0.15, -0.1) is 0 Å². The van der Waals surface area contributed by atoms with E-state index in [9.17, 15) is 9.59 Å². The summed E-state index contributed by atoms with van der Waals surface area (Å²) in [6, 6.07) is 5.70. The van der Waals surface area contributed by atoms with E-state index in [4.69, 9.17) is 0 Å². The number of nitrogens with zero attached hydrogens (tertiary/aromatic N) is 2. The van der Waals surface area contributed by atoms with Gasteiger partial charge in [-0.1, -0.05) is 13.8 Å². The van der Waals surface area contributed by atoms with Crippen LogP contribution < -0.4 is 5.32 Å². The number of aromatic nitrogens is 2. The third kappa shape index (κ3) is 2.24. The van der Waals surface area contributed by atoms with Crippen LogP contribution >= 0.6 is 0 Å². The van der Waals surface area contributed by atoms with Crippen molar-refractivity contribution in [2.24, 2.45) is 5.92 Å². The van der Waals surface area contributed by atoms with Crippen LogP contribution in [0.4, 0.5) is 5.82 Å². The molecule has 0 fully saturated rings. The first-order valence-electron chi connectivity index (χ1n) is 7.01. The zero-order valence-corrected chi connectivity index (χ0v) is 12.3. The number of nitrogens with one attached hydrogen (secondary N) is 1. The van der Waals surface area contributed by atoms with Crippen LogP contribution in [0.15, 0.2) is 24.4 Å². The Kier molecular flexibility index (Phi) is 3.12. The molecule has 2 aromatic heterocycles. The van der Waals surface area contributed by atoms with E-state index in [1.807, 2.05) is 18.2 Å². The first-order chi connectivity index (χ1) is 9.97. The lowest BCUT2D eigenvalue weighted by Gasteiger charge is -2.11. The van der Waals surface area contributed by atoms with E-state index in [2.05, 4.69) is 24.1 Å². The quantitative estimate of drug-likeness (QED) is 0.803. The van der Waals surface area contributed by atoms with Crippen molar-refractivity contribution >= 4 is 17.6 Å². The van der Waals surface area contributed by atoms with E-state index < -0.39 is 0 Å². The largest absolute Gasteiger partial charge is 0.310 e. The Balaban J connectivity index is 2.19. The van der Waals surface area contributed by atoms with Gasteiger partial charge in [0.15, 0.2) is 0 Å². The average molecular weight is 283 g/mol. The van der Waals surface area contributed by atoms with Crippen LogP contribution in [0.1, 0.15) is 36.8 Å². The number of hydrogen-bond acceptors (Lipinski definition) is 3. The maximum absolute atomic E-state index is 12.5. The smallest absolute Gasteiger partial charge is 0.266 e. The van der Waals surface area contributed by atoms with E-state index in [1.54, 1.807) is 10.8 Å². The average Bonchev–Trinajstić information content (AvgIpc) is 2.92. The van der Waals surface area contributed by atoms with Crippen LogP contribution in [-0.4, -0.2) is 21.4 Å². The second-order valence-corrected chi connectivity index (χ2v) is 5.73. The lowest BCUT2D eigenvalue weighted by atomic mass is 10.0. The number of fused-ring (bicyclic) bond motifs is 3. The Bertz CT molecular complexity index is 744. The molecule has 21 heavy (non-hydrogen) atoms. The summed E-state index contributed by atoms with van der Waals surface area (Å²) in [7, 11) is 0. The van der Waals surface area contributed by atoms with Gasteiger partial charge >= 0.3 is 0 Å². The maximum atomic E-state index is 12.5. The van der Waals surface area contributed by atoms with Crippen LogP contribution in [-0.2, 0) is 11.2 Å². The highest BCUT2D eigenvalue weighted by atomic mass is 16.2. The molecule has 0 aromatic carbocycles. The van der Waals surface area contributed by atoms with Crippen LogP contribution in [0.25, 0.3) is 11.3 Å². The number of hydrogen-bond donors (Lipinski definition) is 1. The first-order valence-corrected chi connectivity index (χ1v) is 7.01. The van der Waals surface area contributed by atoms with E-state index in [0.717, 1.165) is 23.4 Å². The van der Waals surface area contributed by atoms with Crippen molar-refractivity contribution in [2.45, 2.75) is 27.2 Å². The molecule has 0 spiro atoms. The van der Waals surface area contributed by atoms with Gasteiger partial charge in [0, 0.05) is 24.4 Å². The lowest BCUT2D eigenvalue weighted by Crippen LogP contribution is -2.15. The van der Waals surface area contributed by atoms with Gasteiger partial charge in [-0.2, -0.15) is 0 Å². The summed E-state index contributed by atoms with van der Waals surface area (Å²) in [5.74, 6) is 0.446. The monoisotopic (exact) mass is 283 g/mol. The predicted molar refractivity (Wildman–Crippen MR) is 80.2 cm³/mol. The van der Waals surface area contributed by atoms with E-state index >= 15 is 0 Å². The molecule has 5 heteroatoms. The molecule has 1 amide bonds. The van der Waals surface area contributed by atoms with Gasteiger partial charge in [-0.3, -0.25) is 14.2 Å². The fourth-order valence-electron chi connectivity index (χ4n) is 2.69. The highest BCUT2D eigenvalue weighted by molar-refractivity contribution is 6.13. The topological polar surface area (TPSA) is 64.0 Å². The zero-order valence-electron chi connectivity index (χ0n) is 12.3. The van der Waals surface area contributed by atoms with Crippen molar-refractivity contribution < 1.29 is 9.59 Å². The molecule has 1 aliphatic heterocycles. The summed E-state index contributed by atoms with van der Waals surface area (Å²) in [4.78, 5) is 28.3. The first kappa shape index (κ1) is 13.5. The van der Waals surface area contributed by atoms with Gasteiger partial charge in [0.2, 0.25) is 5.91 Å². The number of pyridine rings is 1. The number of amides is 1. The van der Waals surface area contributed by atoms with Gasteiger partial charge in [0.25, 0.3) is 5.91 Å². The van der Waals surface area contributed by atoms with Crippen molar-refractivity contribution in [3.63, 3.8) is 0 Å². The Morgan fingerprint density at radius 2 is 2.19 bits per heavy atom. The van der Waals surface area contributed by atoms with Crippen LogP contribution in [0.3, 0.4) is 0 Å². The molecule has 0 atom stereocenters. The van der Waals surface area contributed by atoms with Gasteiger partial charge in [-0.05, 0) is 30.5 Å². The molecule has 0 saturated carbocycles. The van der Waals surface area contributed by atoms with Crippen LogP contribution in [0.2, 0.25) is 0 Å². The van der Waals surface area contributed by atoms with Gasteiger partial charge < -0.3 is 5.32 Å². The van der Waals surface area contributed by atoms with Gasteiger partial charge in [0.05, 0.1) is 11.3 Å². The third-order valence-electron chi connectivity index (χ3n) is 3.44. The Morgan fingerprint density at radius 3 is 2.86 bits per heavy atom. The standard InChI is InChI=1S/C16H17N3O2/c1-9(2)7-11-8-12-13-5-4-6-19(13)16(21)14(12)15(18-11)17-10(3)20/h4-6,8-9H,7H2,1-3H3,(H,17,18,20). The lowest BCUT2D eigenvalue weighted by molar-refractivity contribution is -0.114. The molecule has 1 N–H and O–H groups in total. The molecule has 0 radical (unpaired) electrons. The minimum Gasteiger partial charge on any atom is -0.310 e. The predicted octanol–water partition coefficient (Wildman–Crippen LogP) is 2.71. The molecule has 3 heterocycles. The molecule has 1 aliphatic rings. The summed E-state index contributed by atoms with van der Waals surface area (Å²) in [6.07, 6.45) is 2.53. The summed E-state index contributed by atoms with van der Waals surface area (Å²) in [6.45, 7) is 5.64. The minimum absolute atomic E-state index is 0.141. The number of carbonyl (C=O) groups excluding carboxylic acids is 2. The van der Waals surface area contributed by atoms with Gasteiger partial charge in [0.1, 0.15) is 5.82 Å². The third-order valence-corrected chi connectivity index (χ3v) is 3.44. The molecule has 0 saturated heterocycles. The van der Waals surface area contributed by atoms with Crippen molar-refractivity contribution in [3.05, 3.63) is 35.7 Å². The highest BCUT2D eigenvalue weighted by Crippen LogP contribution is 2.36. The molecule has 2 aromatic rings. The summed E-state index contributed by atoms with van der Waals surface area (Å²) < 4.78 is 1.59. The summed E-state index contributed by atoms with van der Waals surface area (Å²) >= 11 is 0. The Hall–Kier alpha value is -2.43. The molecular weight excluding hydrogens is 266 g/mol. The van der Waals surface area contributed by atoms with E-state index in [0.29, 0.717) is 17.3 Å². The molecule has 5 nitrogen and oxygen atoms in total. The number of carbonyl (C=O) groups is 2. The van der Waals surface area contributed by atoms with Crippen LogP contribution in [0, 0.1) is 5.92 Å². The fraction of sp³-hybridized carbons (Fsp3) is 0.312. The highest BCUT2D eigenvalue weighted by Gasteiger charge is 2.30. The molecule has 0 bridgehead atoms. The van der Waals surface area contributed by atoms with Crippen molar-refractivity contribution in [2.75, 3.05) is 5.32 Å². The molecule has 108 valence electrons. The van der Waals surface area contributed by atoms with Crippen molar-refractivity contribution in [3.8, 4) is 11.3 Å². The number of anilines is 1. The maximum Gasteiger partial charge on any atom is 0.266 e. The normalized spacial score (nSPS) is 12.5. The number of rotatable bonds is 3.